The molecular weight excluding hydrogens is 276 g/mol. The third kappa shape index (κ3) is 2.97. The van der Waals surface area contributed by atoms with Gasteiger partial charge in [0.2, 0.25) is 5.91 Å². The Balaban J connectivity index is 0.00000200. The highest BCUT2D eigenvalue weighted by molar-refractivity contribution is 5.85. The molecule has 118 valence electrons. The van der Waals surface area contributed by atoms with Crippen LogP contribution in [0.15, 0.2) is 0 Å². The number of amides is 1. The second-order valence-corrected chi connectivity index (χ2v) is 7.00. The third-order valence-electron chi connectivity index (χ3n) is 5.59. The fraction of sp³-hybridized carbons (Fsp3) is 0.933. The molecule has 2 N–H and O–H groups in total. The zero-order chi connectivity index (χ0) is 14.3. The normalized spacial score (nSPS) is 39.4. The number of carbonyl (C=O) groups excluding carboxylic acids is 1. The molecule has 2 fully saturated rings. The highest BCUT2D eigenvalue weighted by atomic mass is 35.5. The molecule has 0 bridgehead atoms. The highest BCUT2D eigenvalue weighted by Gasteiger charge is 2.58. The Kier molecular flexibility index (Phi) is 5.50. The van der Waals surface area contributed by atoms with Crippen molar-refractivity contribution in [3.05, 3.63) is 0 Å². The van der Waals surface area contributed by atoms with Crippen molar-refractivity contribution in [2.45, 2.75) is 64.6 Å². The van der Waals surface area contributed by atoms with Gasteiger partial charge in [-0.05, 0) is 39.7 Å². The summed E-state index contributed by atoms with van der Waals surface area (Å²) in [6, 6.07) is 0.679. The minimum Gasteiger partial charge on any atom is -0.378 e. The first-order valence-electron chi connectivity index (χ1n) is 7.39. The average molecular weight is 305 g/mol. The predicted octanol–water partition coefficient (Wildman–Crippen LogP) is 2.12. The van der Waals surface area contributed by atoms with Gasteiger partial charge >= 0.3 is 0 Å². The molecule has 2 rings (SSSR count). The molecule has 4 nitrogen and oxygen atoms in total. The van der Waals surface area contributed by atoms with Gasteiger partial charge in [0.15, 0.2) is 0 Å². The van der Waals surface area contributed by atoms with Gasteiger partial charge in [0.25, 0.3) is 0 Å². The first-order chi connectivity index (χ1) is 8.80. The van der Waals surface area contributed by atoms with Gasteiger partial charge in [0, 0.05) is 30.5 Å². The van der Waals surface area contributed by atoms with E-state index in [0.717, 1.165) is 25.8 Å². The Morgan fingerprint density at radius 3 is 2.50 bits per heavy atom. The van der Waals surface area contributed by atoms with E-state index < -0.39 is 0 Å². The fourth-order valence-electron chi connectivity index (χ4n) is 3.38. The largest absolute Gasteiger partial charge is 0.378 e. The number of hydrogen-bond acceptors (Lipinski definition) is 3. The van der Waals surface area contributed by atoms with Crippen LogP contribution in [0.5, 0.6) is 0 Å². The minimum absolute atomic E-state index is 0. The molecule has 1 heterocycles. The predicted molar refractivity (Wildman–Crippen MR) is 83.2 cm³/mol. The van der Waals surface area contributed by atoms with Crippen molar-refractivity contribution in [3.8, 4) is 0 Å². The van der Waals surface area contributed by atoms with E-state index in [1.165, 1.54) is 0 Å². The fourth-order valence-corrected chi connectivity index (χ4v) is 3.38. The quantitative estimate of drug-likeness (QED) is 0.840. The van der Waals surface area contributed by atoms with Crippen molar-refractivity contribution in [1.29, 1.82) is 0 Å². The van der Waals surface area contributed by atoms with Gasteiger partial charge in [-0.15, -0.1) is 12.4 Å². The van der Waals surface area contributed by atoms with E-state index in [1.54, 1.807) is 7.11 Å². The number of ether oxygens (including phenoxy) is 1. The van der Waals surface area contributed by atoms with Gasteiger partial charge in [-0.25, -0.2) is 0 Å². The lowest BCUT2D eigenvalue weighted by molar-refractivity contribution is -0.183. The summed E-state index contributed by atoms with van der Waals surface area (Å²) in [5.74, 6) is 0.394. The van der Waals surface area contributed by atoms with Crippen LogP contribution in [0.2, 0.25) is 0 Å². The molecule has 0 aromatic carbocycles. The minimum atomic E-state index is -0.119. The first kappa shape index (κ1) is 17.7. The monoisotopic (exact) mass is 304 g/mol. The van der Waals surface area contributed by atoms with Crippen LogP contribution >= 0.6 is 12.4 Å². The molecule has 2 aliphatic rings. The molecule has 0 aromatic rings. The van der Waals surface area contributed by atoms with Crippen molar-refractivity contribution < 1.29 is 9.53 Å². The molecule has 1 amide bonds. The number of methoxy groups -OCH3 is 1. The molecular formula is C15H29ClN2O2. The molecule has 1 saturated heterocycles. The smallest absolute Gasteiger partial charge is 0.223 e. The number of carbonyl (C=O) groups is 1. The molecule has 1 saturated carbocycles. The summed E-state index contributed by atoms with van der Waals surface area (Å²) in [6.07, 6.45) is 2.80. The summed E-state index contributed by atoms with van der Waals surface area (Å²) >= 11 is 0. The zero-order valence-corrected chi connectivity index (χ0v) is 14.1. The number of halogens is 1. The lowest BCUT2D eigenvalue weighted by Crippen LogP contribution is -2.69. The maximum Gasteiger partial charge on any atom is 0.223 e. The van der Waals surface area contributed by atoms with Crippen LogP contribution in [0, 0.1) is 11.3 Å². The number of nitrogens with one attached hydrogen (secondary N) is 2. The van der Waals surface area contributed by atoms with Gasteiger partial charge in [-0.1, -0.05) is 13.8 Å². The van der Waals surface area contributed by atoms with E-state index >= 15 is 0 Å². The van der Waals surface area contributed by atoms with Crippen molar-refractivity contribution in [3.63, 3.8) is 0 Å². The van der Waals surface area contributed by atoms with Gasteiger partial charge < -0.3 is 15.4 Å². The molecule has 0 aromatic heterocycles. The van der Waals surface area contributed by atoms with Crippen LogP contribution in [0.3, 0.4) is 0 Å². The van der Waals surface area contributed by atoms with E-state index in [1.807, 2.05) is 0 Å². The van der Waals surface area contributed by atoms with Crippen LogP contribution in [0.4, 0.5) is 0 Å². The zero-order valence-electron chi connectivity index (χ0n) is 13.3. The van der Waals surface area contributed by atoms with E-state index in [0.29, 0.717) is 6.04 Å². The number of rotatable bonds is 3. The molecule has 20 heavy (non-hydrogen) atoms. The van der Waals surface area contributed by atoms with Gasteiger partial charge in [-0.3, -0.25) is 4.79 Å². The Morgan fingerprint density at radius 2 is 2.00 bits per heavy atom. The van der Waals surface area contributed by atoms with E-state index in [4.69, 9.17) is 4.74 Å². The average Bonchev–Trinajstić information content (AvgIpc) is 2.37. The van der Waals surface area contributed by atoms with Crippen LogP contribution in [-0.4, -0.2) is 37.2 Å². The second kappa shape index (κ2) is 6.20. The lowest BCUT2D eigenvalue weighted by Gasteiger charge is -2.59. The second-order valence-electron chi connectivity index (χ2n) is 7.00. The maximum atomic E-state index is 12.4. The Hall–Kier alpha value is -0.320. The van der Waals surface area contributed by atoms with Gasteiger partial charge in [-0.2, -0.15) is 0 Å². The van der Waals surface area contributed by atoms with Crippen LogP contribution in [0.25, 0.3) is 0 Å². The summed E-state index contributed by atoms with van der Waals surface area (Å²) in [4.78, 5) is 12.4. The van der Waals surface area contributed by atoms with Crippen molar-refractivity contribution in [2.24, 2.45) is 11.3 Å². The Labute approximate surface area is 128 Å². The molecule has 5 heteroatoms. The van der Waals surface area contributed by atoms with Crippen LogP contribution in [-0.2, 0) is 9.53 Å². The van der Waals surface area contributed by atoms with Crippen LogP contribution in [0.1, 0.15) is 47.0 Å². The van der Waals surface area contributed by atoms with Crippen molar-refractivity contribution in [2.75, 3.05) is 13.7 Å². The maximum absolute atomic E-state index is 12.4. The SMILES string of the molecule is COC1(C)CC(NC(=O)[C@H]2CCN[C@@H](C)C2)C1(C)C.Cl. The Morgan fingerprint density at radius 1 is 1.35 bits per heavy atom. The Bertz CT molecular complexity index is 362. The molecule has 0 radical (unpaired) electrons. The van der Waals surface area contributed by atoms with Crippen LogP contribution < -0.4 is 10.6 Å². The van der Waals surface area contributed by atoms with Crippen molar-refractivity contribution >= 4 is 18.3 Å². The summed E-state index contributed by atoms with van der Waals surface area (Å²) < 4.78 is 5.60. The van der Waals surface area contributed by atoms with E-state index in [9.17, 15) is 4.79 Å². The summed E-state index contributed by atoms with van der Waals surface area (Å²) in [5, 5.41) is 6.63. The number of piperidine rings is 1. The summed E-state index contributed by atoms with van der Waals surface area (Å²) in [5.41, 5.74) is -0.123. The third-order valence-corrected chi connectivity index (χ3v) is 5.59. The highest BCUT2D eigenvalue weighted by Crippen LogP contribution is 2.51. The summed E-state index contributed by atoms with van der Waals surface area (Å²) in [6.45, 7) is 9.58. The molecule has 0 spiro atoms. The van der Waals surface area contributed by atoms with Gasteiger partial charge in [0.1, 0.15) is 0 Å². The summed E-state index contributed by atoms with van der Waals surface area (Å²) in [7, 11) is 1.76. The first-order valence-corrected chi connectivity index (χ1v) is 7.39. The number of hydrogen-bond donors (Lipinski definition) is 2. The standard InChI is InChI=1S/C15H28N2O2.ClH/c1-10-8-11(6-7-16-10)13(18)17-12-9-15(4,19-5)14(12,2)3;/h10-12,16H,6-9H2,1-5H3,(H,17,18);1H/t10-,11-,12?,15?;/m0./s1. The lowest BCUT2D eigenvalue weighted by atomic mass is 9.55. The van der Waals surface area contributed by atoms with E-state index in [2.05, 4.69) is 38.3 Å². The van der Waals surface area contributed by atoms with Gasteiger partial charge in [0.05, 0.1) is 5.60 Å². The molecule has 2 unspecified atom stereocenters. The molecule has 4 atom stereocenters. The topological polar surface area (TPSA) is 50.4 Å². The molecule has 1 aliphatic carbocycles. The van der Waals surface area contributed by atoms with Crippen molar-refractivity contribution in [1.82, 2.24) is 10.6 Å². The molecule has 1 aliphatic heterocycles. The van der Waals surface area contributed by atoms with E-state index in [-0.39, 0.29) is 41.3 Å².